The molecule has 0 radical (unpaired) electrons. The number of amides is 1. The van der Waals surface area contributed by atoms with Gasteiger partial charge in [0.1, 0.15) is 0 Å². The van der Waals surface area contributed by atoms with Gasteiger partial charge in [-0.15, -0.1) is 0 Å². The zero-order valence-electron chi connectivity index (χ0n) is 12.7. The van der Waals surface area contributed by atoms with Gasteiger partial charge in [-0.3, -0.25) is 4.79 Å². The second-order valence-corrected chi connectivity index (χ2v) is 6.28. The van der Waals surface area contributed by atoms with E-state index in [-0.39, 0.29) is 30.4 Å². The van der Waals surface area contributed by atoms with E-state index in [0.29, 0.717) is 18.4 Å². The normalized spacial score (nSPS) is 23.4. The first-order valence-electron chi connectivity index (χ1n) is 7.46. The van der Waals surface area contributed by atoms with Crippen LogP contribution < -0.4 is 5.32 Å². The number of rotatable bonds is 6. The topological polar surface area (TPSA) is 58.6 Å². The maximum Gasteiger partial charge on any atom is 0.225 e. The molecule has 1 rings (SSSR count). The maximum absolute atomic E-state index is 12.3. The van der Waals surface area contributed by atoms with Crippen molar-refractivity contribution in [2.24, 2.45) is 23.7 Å². The van der Waals surface area contributed by atoms with Crippen LogP contribution in [0.2, 0.25) is 0 Å². The SMILES string of the molecule is CC(C)[C@H](CO)[C@@H](NC(=O)[C@H]1CCCOC1)C(C)C. The third-order valence-corrected chi connectivity index (χ3v) is 4.09. The Bertz CT molecular complexity index is 273. The van der Waals surface area contributed by atoms with Crippen LogP contribution in [-0.4, -0.2) is 36.9 Å². The van der Waals surface area contributed by atoms with Gasteiger partial charge in [0.15, 0.2) is 0 Å². The van der Waals surface area contributed by atoms with Crippen molar-refractivity contribution >= 4 is 5.91 Å². The average Bonchev–Trinajstić information content (AvgIpc) is 2.38. The molecule has 2 N–H and O–H groups in total. The molecule has 1 fully saturated rings. The Kier molecular flexibility index (Phi) is 6.80. The highest BCUT2D eigenvalue weighted by Crippen LogP contribution is 2.22. The summed E-state index contributed by atoms with van der Waals surface area (Å²) in [7, 11) is 0. The molecular weight excluding hydrogens is 242 g/mol. The van der Waals surface area contributed by atoms with Gasteiger partial charge >= 0.3 is 0 Å². The van der Waals surface area contributed by atoms with Gasteiger partial charge in [-0.1, -0.05) is 27.7 Å². The second kappa shape index (κ2) is 7.85. The minimum Gasteiger partial charge on any atom is -0.396 e. The fourth-order valence-corrected chi connectivity index (χ4v) is 2.74. The number of ether oxygens (including phenoxy) is 1. The van der Waals surface area contributed by atoms with Crippen LogP contribution in [0.25, 0.3) is 0 Å². The largest absolute Gasteiger partial charge is 0.396 e. The number of aliphatic hydroxyl groups is 1. The molecule has 0 unspecified atom stereocenters. The third kappa shape index (κ3) is 4.77. The lowest BCUT2D eigenvalue weighted by molar-refractivity contribution is -0.130. The molecule has 3 atom stereocenters. The van der Waals surface area contributed by atoms with E-state index in [2.05, 4.69) is 33.0 Å². The predicted octanol–water partition coefficient (Wildman–Crippen LogP) is 1.82. The molecule has 1 aliphatic rings. The first-order valence-corrected chi connectivity index (χ1v) is 7.46. The van der Waals surface area contributed by atoms with Gasteiger partial charge in [0.05, 0.1) is 12.5 Å². The second-order valence-electron chi connectivity index (χ2n) is 6.28. The summed E-state index contributed by atoms with van der Waals surface area (Å²) >= 11 is 0. The van der Waals surface area contributed by atoms with Crippen molar-refractivity contribution < 1.29 is 14.6 Å². The lowest BCUT2D eigenvalue weighted by atomic mass is 9.82. The summed E-state index contributed by atoms with van der Waals surface area (Å²) in [6, 6.07) is 0.0272. The summed E-state index contributed by atoms with van der Waals surface area (Å²) in [4.78, 5) is 12.3. The summed E-state index contributed by atoms with van der Waals surface area (Å²) in [5, 5.41) is 12.7. The average molecular weight is 271 g/mol. The number of aliphatic hydroxyl groups excluding tert-OH is 1. The molecule has 4 nitrogen and oxygen atoms in total. The van der Waals surface area contributed by atoms with Crippen LogP contribution in [0.1, 0.15) is 40.5 Å². The van der Waals surface area contributed by atoms with Crippen LogP contribution in [0.3, 0.4) is 0 Å². The predicted molar refractivity (Wildman–Crippen MR) is 75.7 cm³/mol. The molecule has 1 aliphatic heterocycles. The Morgan fingerprint density at radius 1 is 1.32 bits per heavy atom. The maximum atomic E-state index is 12.3. The van der Waals surface area contributed by atoms with E-state index in [1.807, 2.05) is 0 Å². The van der Waals surface area contributed by atoms with Crippen molar-refractivity contribution in [2.75, 3.05) is 19.8 Å². The zero-order chi connectivity index (χ0) is 14.4. The summed E-state index contributed by atoms with van der Waals surface area (Å²) in [6.45, 7) is 9.77. The lowest BCUT2D eigenvalue weighted by Gasteiger charge is -2.34. The Balaban J connectivity index is 2.64. The summed E-state index contributed by atoms with van der Waals surface area (Å²) in [6.07, 6.45) is 1.86. The minimum atomic E-state index is -0.0264. The molecular formula is C15H29NO3. The van der Waals surface area contributed by atoms with E-state index in [0.717, 1.165) is 19.4 Å². The van der Waals surface area contributed by atoms with Crippen LogP contribution in [0.5, 0.6) is 0 Å². The van der Waals surface area contributed by atoms with Gasteiger partial charge in [0.2, 0.25) is 5.91 Å². The van der Waals surface area contributed by atoms with E-state index >= 15 is 0 Å². The van der Waals surface area contributed by atoms with E-state index in [9.17, 15) is 9.90 Å². The third-order valence-electron chi connectivity index (χ3n) is 4.09. The fourth-order valence-electron chi connectivity index (χ4n) is 2.74. The monoisotopic (exact) mass is 271 g/mol. The van der Waals surface area contributed by atoms with Crippen LogP contribution in [0.4, 0.5) is 0 Å². The van der Waals surface area contributed by atoms with Crippen LogP contribution in [0.15, 0.2) is 0 Å². The van der Waals surface area contributed by atoms with Crippen LogP contribution >= 0.6 is 0 Å². The number of carbonyl (C=O) groups is 1. The van der Waals surface area contributed by atoms with Gasteiger partial charge in [-0.2, -0.15) is 0 Å². The fraction of sp³-hybridized carbons (Fsp3) is 0.933. The first-order chi connectivity index (χ1) is 8.97. The molecule has 0 aromatic carbocycles. The minimum absolute atomic E-state index is 0.0264. The number of nitrogens with one attached hydrogen (secondary N) is 1. The lowest BCUT2D eigenvalue weighted by Crippen LogP contribution is -2.49. The Morgan fingerprint density at radius 2 is 2.00 bits per heavy atom. The van der Waals surface area contributed by atoms with E-state index in [1.165, 1.54) is 0 Å². The molecule has 0 bridgehead atoms. The van der Waals surface area contributed by atoms with Crippen molar-refractivity contribution in [3.8, 4) is 0 Å². The van der Waals surface area contributed by atoms with Crippen molar-refractivity contribution in [1.82, 2.24) is 5.32 Å². The molecule has 112 valence electrons. The van der Waals surface area contributed by atoms with Crippen molar-refractivity contribution in [3.63, 3.8) is 0 Å². The Morgan fingerprint density at radius 3 is 2.42 bits per heavy atom. The summed E-state index contributed by atoms with van der Waals surface area (Å²) < 4.78 is 5.37. The van der Waals surface area contributed by atoms with Crippen LogP contribution in [-0.2, 0) is 9.53 Å². The Hall–Kier alpha value is -0.610. The number of hydrogen-bond donors (Lipinski definition) is 2. The molecule has 19 heavy (non-hydrogen) atoms. The molecule has 0 saturated carbocycles. The molecule has 0 aromatic rings. The first kappa shape index (κ1) is 16.4. The van der Waals surface area contributed by atoms with Gasteiger partial charge in [-0.25, -0.2) is 0 Å². The smallest absolute Gasteiger partial charge is 0.225 e. The molecule has 0 aliphatic carbocycles. The van der Waals surface area contributed by atoms with Crippen molar-refractivity contribution in [1.29, 1.82) is 0 Å². The molecule has 1 heterocycles. The van der Waals surface area contributed by atoms with E-state index in [4.69, 9.17) is 4.74 Å². The summed E-state index contributed by atoms with van der Waals surface area (Å²) in [5.41, 5.74) is 0. The van der Waals surface area contributed by atoms with Crippen LogP contribution in [0, 0.1) is 23.7 Å². The van der Waals surface area contributed by atoms with Crippen molar-refractivity contribution in [2.45, 2.75) is 46.6 Å². The molecule has 4 heteroatoms. The van der Waals surface area contributed by atoms with E-state index < -0.39 is 0 Å². The van der Waals surface area contributed by atoms with Gasteiger partial charge in [0.25, 0.3) is 0 Å². The highest BCUT2D eigenvalue weighted by molar-refractivity contribution is 5.79. The number of hydrogen-bond acceptors (Lipinski definition) is 3. The van der Waals surface area contributed by atoms with Crippen molar-refractivity contribution in [3.05, 3.63) is 0 Å². The summed E-state index contributed by atoms with van der Waals surface area (Å²) in [5.74, 6) is 0.820. The molecule has 0 spiro atoms. The zero-order valence-corrected chi connectivity index (χ0v) is 12.7. The molecule has 1 saturated heterocycles. The highest BCUT2D eigenvalue weighted by atomic mass is 16.5. The molecule has 0 aromatic heterocycles. The highest BCUT2D eigenvalue weighted by Gasteiger charge is 2.31. The van der Waals surface area contributed by atoms with Gasteiger partial charge in [-0.05, 0) is 24.7 Å². The standard InChI is InChI=1S/C15H29NO3/c1-10(2)13(8-17)14(11(3)4)16-15(18)12-6-5-7-19-9-12/h10-14,17H,5-9H2,1-4H3,(H,16,18)/t12-,13-,14-/m0/s1. The van der Waals surface area contributed by atoms with Gasteiger partial charge < -0.3 is 15.2 Å². The quantitative estimate of drug-likeness (QED) is 0.774. The molecule has 1 amide bonds. The Labute approximate surface area is 116 Å². The van der Waals surface area contributed by atoms with E-state index in [1.54, 1.807) is 0 Å². The van der Waals surface area contributed by atoms with Gasteiger partial charge in [0, 0.05) is 25.2 Å². The number of carbonyl (C=O) groups excluding carboxylic acids is 1.